The molecule has 8 heteroatoms. The first-order chi connectivity index (χ1) is 14.4. The van der Waals surface area contributed by atoms with E-state index in [1.807, 2.05) is 0 Å². The highest BCUT2D eigenvalue weighted by atomic mass is 32.2. The van der Waals surface area contributed by atoms with Crippen LogP contribution in [0.25, 0.3) is 0 Å². The van der Waals surface area contributed by atoms with Gasteiger partial charge in [0.2, 0.25) is 10.0 Å². The predicted molar refractivity (Wildman–Crippen MR) is 113 cm³/mol. The molecule has 0 saturated carbocycles. The van der Waals surface area contributed by atoms with Crippen LogP contribution in [0.4, 0.5) is 0 Å². The molecule has 0 unspecified atom stereocenters. The number of amides is 1. The molecule has 7 nitrogen and oxygen atoms in total. The first-order valence-corrected chi connectivity index (χ1v) is 10.9. The molecule has 3 aromatic rings. The van der Waals surface area contributed by atoms with Crippen LogP contribution in [0, 0.1) is 0 Å². The molecule has 0 saturated heterocycles. The molecule has 1 amide bonds. The van der Waals surface area contributed by atoms with Gasteiger partial charge in [0.15, 0.2) is 0 Å². The largest absolute Gasteiger partial charge is 0.497 e. The summed E-state index contributed by atoms with van der Waals surface area (Å²) in [5, 5.41) is 2.78. The number of rotatable bonds is 9. The Morgan fingerprint density at radius 2 is 1.77 bits per heavy atom. The molecule has 0 radical (unpaired) electrons. The summed E-state index contributed by atoms with van der Waals surface area (Å²) in [4.78, 5) is 12.5. The van der Waals surface area contributed by atoms with Crippen molar-refractivity contribution in [3.05, 3.63) is 83.8 Å². The highest BCUT2D eigenvalue weighted by Crippen LogP contribution is 2.21. The van der Waals surface area contributed by atoms with Gasteiger partial charge >= 0.3 is 0 Å². The fourth-order valence-electron chi connectivity index (χ4n) is 2.91. The summed E-state index contributed by atoms with van der Waals surface area (Å²) in [6, 6.07) is 16.7. The number of hydrogen-bond donors (Lipinski definition) is 1. The van der Waals surface area contributed by atoms with Crippen LogP contribution in [-0.2, 0) is 23.1 Å². The number of hydrogen-bond acceptors (Lipinski definition) is 5. The van der Waals surface area contributed by atoms with Gasteiger partial charge in [0, 0.05) is 18.7 Å². The number of nitrogens with zero attached hydrogens (tertiary/aromatic N) is 1. The minimum Gasteiger partial charge on any atom is -0.497 e. The molecular weight excluding hydrogens is 404 g/mol. The zero-order chi connectivity index (χ0) is 21.6. The Balaban J connectivity index is 1.66. The van der Waals surface area contributed by atoms with Gasteiger partial charge < -0.3 is 14.5 Å². The predicted octanol–water partition coefficient (Wildman–Crippen LogP) is 3.43. The molecule has 0 bridgehead atoms. The molecule has 0 spiro atoms. The lowest BCUT2D eigenvalue weighted by Crippen LogP contribution is -2.30. The second-order valence-corrected chi connectivity index (χ2v) is 8.50. The first-order valence-electron chi connectivity index (χ1n) is 9.47. The Hall–Kier alpha value is -3.10. The summed E-state index contributed by atoms with van der Waals surface area (Å²) >= 11 is 0. The third-order valence-corrected chi connectivity index (χ3v) is 6.56. The van der Waals surface area contributed by atoms with Gasteiger partial charge in [0.25, 0.3) is 5.91 Å². The Kier molecular flexibility index (Phi) is 6.91. The second-order valence-electron chi connectivity index (χ2n) is 6.57. The molecule has 0 atom stereocenters. The van der Waals surface area contributed by atoms with Crippen molar-refractivity contribution in [3.8, 4) is 5.75 Å². The molecule has 1 heterocycles. The SMILES string of the molecule is CCN(Cc1ccc(C(=O)NCc2ccco2)cc1)S(=O)(=O)c1ccc(OC)cc1. The average Bonchev–Trinajstić information content (AvgIpc) is 3.30. The minimum absolute atomic E-state index is 0.207. The van der Waals surface area contributed by atoms with Crippen molar-refractivity contribution in [2.45, 2.75) is 24.9 Å². The van der Waals surface area contributed by atoms with Gasteiger partial charge in [-0.1, -0.05) is 19.1 Å². The molecule has 30 heavy (non-hydrogen) atoms. The zero-order valence-corrected chi connectivity index (χ0v) is 17.7. The summed E-state index contributed by atoms with van der Waals surface area (Å²) in [6.45, 7) is 2.62. The van der Waals surface area contributed by atoms with Crippen LogP contribution in [0.1, 0.15) is 28.6 Å². The maximum atomic E-state index is 13.0. The summed E-state index contributed by atoms with van der Waals surface area (Å²) in [5.41, 5.74) is 1.28. The topological polar surface area (TPSA) is 88.9 Å². The van der Waals surface area contributed by atoms with E-state index in [0.29, 0.717) is 30.2 Å². The number of benzene rings is 2. The van der Waals surface area contributed by atoms with Crippen molar-refractivity contribution in [2.75, 3.05) is 13.7 Å². The van der Waals surface area contributed by atoms with Gasteiger partial charge in [-0.3, -0.25) is 4.79 Å². The van der Waals surface area contributed by atoms with Gasteiger partial charge in [-0.25, -0.2) is 8.42 Å². The molecule has 0 aliphatic rings. The van der Waals surface area contributed by atoms with E-state index in [-0.39, 0.29) is 17.3 Å². The number of sulfonamides is 1. The van der Waals surface area contributed by atoms with Crippen molar-refractivity contribution >= 4 is 15.9 Å². The van der Waals surface area contributed by atoms with Crippen molar-refractivity contribution in [2.24, 2.45) is 0 Å². The van der Waals surface area contributed by atoms with E-state index in [4.69, 9.17) is 9.15 Å². The molecule has 1 aromatic heterocycles. The highest BCUT2D eigenvalue weighted by molar-refractivity contribution is 7.89. The number of furan rings is 1. The summed E-state index contributed by atoms with van der Waals surface area (Å²) in [5.74, 6) is 1.04. The van der Waals surface area contributed by atoms with E-state index in [0.717, 1.165) is 5.56 Å². The fourth-order valence-corrected chi connectivity index (χ4v) is 4.35. The van der Waals surface area contributed by atoms with Crippen LogP contribution in [0.15, 0.2) is 76.2 Å². The lowest BCUT2D eigenvalue weighted by Gasteiger charge is -2.21. The molecule has 158 valence electrons. The molecule has 2 aromatic carbocycles. The summed E-state index contributed by atoms with van der Waals surface area (Å²) in [7, 11) is -2.12. The normalized spacial score (nSPS) is 11.4. The standard InChI is InChI=1S/C22H24N2O5S/c1-3-24(30(26,27)21-12-10-19(28-2)11-13-21)16-17-6-8-18(9-7-17)22(25)23-15-20-5-4-14-29-20/h4-14H,3,15-16H2,1-2H3,(H,23,25). The van der Waals surface area contributed by atoms with Gasteiger partial charge in [-0.2, -0.15) is 4.31 Å². The quantitative estimate of drug-likeness (QED) is 0.564. The maximum Gasteiger partial charge on any atom is 0.251 e. The molecule has 0 aliphatic heterocycles. The molecular formula is C22H24N2O5S. The number of ether oxygens (including phenoxy) is 1. The summed E-state index contributed by atoms with van der Waals surface area (Å²) < 4.78 is 37.6. The first kappa shape index (κ1) is 21.6. The molecule has 0 aliphatic carbocycles. The monoisotopic (exact) mass is 428 g/mol. The van der Waals surface area contributed by atoms with E-state index >= 15 is 0 Å². The lowest BCUT2D eigenvalue weighted by atomic mass is 10.1. The minimum atomic E-state index is -3.65. The van der Waals surface area contributed by atoms with Crippen LogP contribution in [0.2, 0.25) is 0 Å². The zero-order valence-electron chi connectivity index (χ0n) is 16.9. The summed E-state index contributed by atoms with van der Waals surface area (Å²) in [6.07, 6.45) is 1.55. The van der Waals surface area contributed by atoms with Gasteiger partial charge in [-0.05, 0) is 54.1 Å². The van der Waals surface area contributed by atoms with E-state index < -0.39 is 10.0 Å². The van der Waals surface area contributed by atoms with E-state index in [2.05, 4.69) is 5.32 Å². The number of nitrogens with one attached hydrogen (secondary N) is 1. The number of carbonyl (C=O) groups is 1. The van der Waals surface area contributed by atoms with Gasteiger partial charge in [0.1, 0.15) is 11.5 Å². The number of methoxy groups -OCH3 is 1. The Morgan fingerprint density at radius 3 is 2.33 bits per heavy atom. The van der Waals surface area contributed by atoms with Crippen LogP contribution in [-0.4, -0.2) is 32.3 Å². The van der Waals surface area contributed by atoms with E-state index in [9.17, 15) is 13.2 Å². The molecule has 1 N–H and O–H groups in total. The van der Waals surface area contributed by atoms with Crippen molar-refractivity contribution < 1.29 is 22.4 Å². The molecule has 3 rings (SSSR count). The Morgan fingerprint density at radius 1 is 1.07 bits per heavy atom. The third-order valence-electron chi connectivity index (χ3n) is 4.63. The maximum absolute atomic E-state index is 13.0. The van der Waals surface area contributed by atoms with Crippen molar-refractivity contribution in [1.29, 1.82) is 0 Å². The Labute approximate surface area is 176 Å². The lowest BCUT2D eigenvalue weighted by molar-refractivity contribution is 0.0948. The highest BCUT2D eigenvalue weighted by Gasteiger charge is 2.23. The van der Waals surface area contributed by atoms with E-state index in [1.54, 1.807) is 61.7 Å². The molecule has 0 fully saturated rings. The number of carbonyl (C=O) groups excluding carboxylic acids is 1. The Bertz CT molecular complexity index is 1060. The van der Waals surface area contributed by atoms with Crippen molar-refractivity contribution in [3.63, 3.8) is 0 Å². The van der Waals surface area contributed by atoms with Gasteiger partial charge in [-0.15, -0.1) is 0 Å². The smallest absolute Gasteiger partial charge is 0.251 e. The fraction of sp³-hybridized carbons (Fsp3) is 0.227. The average molecular weight is 429 g/mol. The second kappa shape index (κ2) is 9.60. The van der Waals surface area contributed by atoms with E-state index in [1.165, 1.54) is 23.5 Å². The van der Waals surface area contributed by atoms with Crippen molar-refractivity contribution in [1.82, 2.24) is 9.62 Å². The van der Waals surface area contributed by atoms with Crippen LogP contribution in [0.3, 0.4) is 0 Å². The third kappa shape index (κ3) is 5.08. The van der Waals surface area contributed by atoms with Crippen LogP contribution < -0.4 is 10.1 Å². The van der Waals surface area contributed by atoms with Gasteiger partial charge in [0.05, 0.1) is 24.8 Å². The van der Waals surface area contributed by atoms with Crippen LogP contribution in [0.5, 0.6) is 5.75 Å². The van der Waals surface area contributed by atoms with Crippen LogP contribution >= 0.6 is 0 Å².